The zero-order valence-corrected chi connectivity index (χ0v) is 8.98. The van der Waals surface area contributed by atoms with E-state index in [1.54, 1.807) is 4.90 Å². The minimum absolute atomic E-state index is 0.0118. The number of nitrogens with two attached hydrogens (primary N) is 1. The average molecular weight is 211 g/mol. The van der Waals surface area contributed by atoms with E-state index in [1.165, 1.54) is 0 Å². The Morgan fingerprint density at radius 2 is 2.40 bits per heavy atom. The molecule has 0 spiro atoms. The van der Waals surface area contributed by atoms with Gasteiger partial charge in [-0.3, -0.25) is 4.79 Å². The summed E-state index contributed by atoms with van der Waals surface area (Å²) in [5.74, 6) is -0.221. The van der Waals surface area contributed by atoms with E-state index >= 15 is 0 Å². The van der Waals surface area contributed by atoms with E-state index in [-0.39, 0.29) is 17.9 Å². The summed E-state index contributed by atoms with van der Waals surface area (Å²) in [6, 6.07) is 1.83. The molecule has 0 bridgehead atoms. The molecule has 1 aliphatic heterocycles. The van der Waals surface area contributed by atoms with Gasteiger partial charge in [-0.1, -0.05) is 0 Å². The van der Waals surface area contributed by atoms with E-state index in [1.807, 2.05) is 13.0 Å². The molecule has 2 N–H and O–H groups in total. The fourth-order valence-electron chi connectivity index (χ4n) is 1.67. The monoisotopic (exact) mass is 211 g/mol. The standard InChI is InChI=1S/C10H17N3O2/c1-2-13(5-3-4-11)10(14)8-6-15-7-9(8)12/h8-9H,2-3,5-7,12H2,1H3. The quantitative estimate of drug-likeness (QED) is 0.693. The summed E-state index contributed by atoms with van der Waals surface area (Å²) in [4.78, 5) is 13.6. The Labute approximate surface area is 89.8 Å². The minimum Gasteiger partial charge on any atom is -0.379 e. The first-order chi connectivity index (χ1) is 7.20. The van der Waals surface area contributed by atoms with E-state index in [4.69, 9.17) is 15.7 Å². The normalized spacial score (nSPS) is 24.9. The van der Waals surface area contributed by atoms with Gasteiger partial charge in [-0.05, 0) is 6.92 Å². The van der Waals surface area contributed by atoms with Crippen molar-refractivity contribution in [3.05, 3.63) is 0 Å². The Balaban J connectivity index is 2.52. The molecule has 5 nitrogen and oxygen atoms in total. The topological polar surface area (TPSA) is 79.3 Å². The molecule has 0 saturated carbocycles. The van der Waals surface area contributed by atoms with E-state index in [0.29, 0.717) is 32.7 Å². The summed E-state index contributed by atoms with van der Waals surface area (Å²) in [7, 11) is 0. The number of nitriles is 1. The summed E-state index contributed by atoms with van der Waals surface area (Å²) in [6.45, 7) is 3.85. The predicted molar refractivity (Wildman–Crippen MR) is 54.8 cm³/mol. The van der Waals surface area contributed by atoms with Gasteiger partial charge < -0.3 is 15.4 Å². The SMILES string of the molecule is CCN(CCC#N)C(=O)C1COCC1N. The van der Waals surface area contributed by atoms with Crippen molar-refractivity contribution in [3.8, 4) is 6.07 Å². The number of amides is 1. The molecule has 0 aliphatic carbocycles. The minimum atomic E-state index is -0.233. The second-order valence-corrected chi connectivity index (χ2v) is 3.63. The van der Waals surface area contributed by atoms with Crippen LogP contribution < -0.4 is 5.73 Å². The van der Waals surface area contributed by atoms with E-state index < -0.39 is 0 Å². The third-order valence-corrected chi connectivity index (χ3v) is 2.63. The highest BCUT2D eigenvalue weighted by molar-refractivity contribution is 5.80. The van der Waals surface area contributed by atoms with Gasteiger partial charge in [0.15, 0.2) is 0 Å². The van der Waals surface area contributed by atoms with E-state index in [0.717, 1.165) is 0 Å². The Bertz CT molecular complexity index is 262. The van der Waals surface area contributed by atoms with Gasteiger partial charge in [0.25, 0.3) is 0 Å². The third-order valence-electron chi connectivity index (χ3n) is 2.63. The van der Waals surface area contributed by atoms with Crippen molar-refractivity contribution in [2.75, 3.05) is 26.3 Å². The van der Waals surface area contributed by atoms with Crippen molar-refractivity contribution in [3.63, 3.8) is 0 Å². The van der Waals surface area contributed by atoms with Gasteiger partial charge in [-0.2, -0.15) is 5.26 Å². The molecule has 0 aromatic rings. The lowest BCUT2D eigenvalue weighted by molar-refractivity contribution is -0.135. The number of rotatable bonds is 4. The largest absolute Gasteiger partial charge is 0.379 e. The number of hydrogen-bond acceptors (Lipinski definition) is 4. The average Bonchev–Trinajstić information content (AvgIpc) is 2.65. The molecule has 1 rings (SSSR count). The number of nitrogens with zero attached hydrogens (tertiary/aromatic N) is 2. The van der Waals surface area contributed by atoms with Gasteiger partial charge in [0.1, 0.15) is 0 Å². The first kappa shape index (κ1) is 12.0. The molecule has 1 aliphatic rings. The lowest BCUT2D eigenvalue weighted by Gasteiger charge is -2.24. The van der Waals surface area contributed by atoms with Crippen LogP contribution in [0.15, 0.2) is 0 Å². The fraction of sp³-hybridized carbons (Fsp3) is 0.800. The molecule has 0 aromatic heterocycles. The van der Waals surface area contributed by atoms with Crippen molar-refractivity contribution in [1.82, 2.24) is 4.90 Å². The molecular weight excluding hydrogens is 194 g/mol. The summed E-state index contributed by atoms with van der Waals surface area (Å²) in [6.07, 6.45) is 0.363. The molecule has 1 fully saturated rings. The maximum absolute atomic E-state index is 11.9. The van der Waals surface area contributed by atoms with Crippen LogP contribution in [0, 0.1) is 17.2 Å². The van der Waals surface area contributed by atoms with Crippen LogP contribution >= 0.6 is 0 Å². The summed E-state index contributed by atoms with van der Waals surface area (Å²) in [5.41, 5.74) is 5.76. The van der Waals surface area contributed by atoms with Crippen LogP contribution in [-0.4, -0.2) is 43.2 Å². The van der Waals surface area contributed by atoms with Crippen molar-refractivity contribution < 1.29 is 9.53 Å². The van der Waals surface area contributed by atoms with Crippen LogP contribution in [0.5, 0.6) is 0 Å². The van der Waals surface area contributed by atoms with Crippen LogP contribution in [-0.2, 0) is 9.53 Å². The first-order valence-electron chi connectivity index (χ1n) is 5.19. The zero-order valence-electron chi connectivity index (χ0n) is 8.98. The molecule has 2 atom stereocenters. The van der Waals surface area contributed by atoms with E-state index in [2.05, 4.69) is 0 Å². The van der Waals surface area contributed by atoms with E-state index in [9.17, 15) is 4.79 Å². The maximum atomic E-state index is 11.9. The molecule has 84 valence electrons. The van der Waals surface area contributed by atoms with Gasteiger partial charge in [0.05, 0.1) is 31.6 Å². The van der Waals surface area contributed by atoms with Gasteiger partial charge in [0, 0.05) is 19.1 Å². The third kappa shape index (κ3) is 2.91. The lowest BCUT2D eigenvalue weighted by Crippen LogP contribution is -2.43. The Morgan fingerprint density at radius 1 is 1.67 bits per heavy atom. The molecule has 5 heteroatoms. The highest BCUT2D eigenvalue weighted by Crippen LogP contribution is 2.15. The second-order valence-electron chi connectivity index (χ2n) is 3.63. The summed E-state index contributed by atoms with van der Waals surface area (Å²) in [5, 5.41) is 8.47. The van der Waals surface area contributed by atoms with Crippen molar-refractivity contribution in [1.29, 1.82) is 5.26 Å². The number of hydrogen-bond donors (Lipinski definition) is 1. The van der Waals surface area contributed by atoms with Gasteiger partial charge in [-0.25, -0.2) is 0 Å². The Morgan fingerprint density at radius 3 is 2.87 bits per heavy atom. The van der Waals surface area contributed by atoms with Gasteiger partial charge in [0.2, 0.25) is 5.91 Å². The molecular formula is C10H17N3O2. The molecule has 2 unspecified atom stereocenters. The van der Waals surface area contributed by atoms with Crippen LogP contribution in [0.1, 0.15) is 13.3 Å². The van der Waals surface area contributed by atoms with Crippen LogP contribution in [0.25, 0.3) is 0 Å². The first-order valence-corrected chi connectivity index (χ1v) is 5.19. The van der Waals surface area contributed by atoms with Crippen molar-refractivity contribution in [2.24, 2.45) is 11.7 Å². The molecule has 0 aromatic carbocycles. The van der Waals surface area contributed by atoms with Crippen molar-refractivity contribution in [2.45, 2.75) is 19.4 Å². The Hall–Kier alpha value is -1.12. The lowest BCUT2D eigenvalue weighted by atomic mass is 10.0. The van der Waals surface area contributed by atoms with Crippen molar-refractivity contribution >= 4 is 5.91 Å². The number of ether oxygens (including phenoxy) is 1. The molecule has 15 heavy (non-hydrogen) atoms. The fourth-order valence-corrected chi connectivity index (χ4v) is 1.67. The molecule has 1 amide bonds. The van der Waals surface area contributed by atoms with Gasteiger partial charge >= 0.3 is 0 Å². The molecule has 0 radical (unpaired) electrons. The zero-order chi connectivity index (χ0) is 11.3. The predicted octanol–water partition coefficient (Wildman–Crippen LogP) is -0.278. The number of carbonyl (C=O) groups excluding carboxylic acids is 1. The second kappa shape index (κ2) is 5.69. The number of carbonyl (C=O) groups is 1. The highest BCUT2D eigenvalue weighted by Gasteiger charge is 2.33. The van der Waals surface area contributed by atoms with Crippen LogP contribution in [0.3, 0.4) is 0 Å². The molecule has 1 saturated heterocycles. The maximum Gasteiger partial charge on any atom is 0.229 e. The highest BCUT2D eigenvalue weighted by atomic mass is 16.5. The van der Waals surface area contributed by atoms with Gasteiger partial charge in [-0.15, -0.1) is 0 Å². The smallest absolute Gasteiger partial charge is 0.229 e. The van der Waals surface area contributed by atoms with Crippen LogP contribution in [0.2, 0.25) is 0 Å². The summed E-state index contributed by atoms with van der Waals surface area (Å²) < 4.78 is 5.15. The molecule has 1 heterocycles. The van der Waals surface area contributed by atoms with Crippen LogP contribution in [0.4, 0.5) is 0 Å². The Kier molecular flexibility index (Phi) is 4.53. The summed E-state index contributed by atoms with van der Waals surface area (Å²) >= 11 is 0.